The number of carbonyl (C=O) groups is 1. The maximum atomic E-state index is 13.0. The minimum atomic E-state index is 0.137. The highest BCUT2D eigenvalue weighted by Crippen LogP contribution is 2.32. The second kappa shape index (κ2) is 8.05. The molecule has 1 amide bonds. The van der Waals surface area contributed by atoms with Crippen molar-refractivity contribution in [2.24, 2.45) is 0 Å². The van der Waals surface area contributed by atoms with Crippen LogP contribution in [-0.2, 0) is 17.8 Å². The highest BCUT2D eigenvalue weighted by Gasteiger charge is 2.21. The standard InChI is InChI=1S/C19H23N3O3S/c23-19(12-15-3-4-16-17(11-15)25-14-24-16)22(13-18-20-5-10-26-18)9-8-21-6-1-2-7-21/h3-5,10-11H,1-2,6-9,12-14H2/p+1. The molecule has 26 heavy (non-hydrogen) atoms. The highest BCUT2D eigenvalue weighted by atomic mass is 32.1. The van der Waals surface area contributed by atoms with Crippen LogP contribution in [-0.4, -0.2) is 48.8 Å². The van der Waals surface area contributed by atoms with Crippen molar-refractivity contribution in [3.05, 3.63) is 40.3 Å². The van der Waals surface area contributed by atoms with Crippen LogP contribution < -0.4 is 14.4 Å². The zero-order valence-corrected chi connectivity index (χ0v) is 15.6. The normalized spacial score (nSPS) is 16.2. The van der Waals surface area contributed by atoms with Crippen LogP contribution in [0.25, 0.3) is 0 Å². The van der Waals surface area contributed by atoms with Crippen molar-refractivity contribution < 1.29 is 19.2 Å². The van der Waals surface area contributed by atoms with Gasteiger partial charge in [-0.05, 0) is 17.7 Å². The average Bonchev–Trinajstić information content (AvgIpc) is 3.39. The lowest BCUT2D eigenvalue weighted by atomic mass is 10.1. The van der Waals surface area contributed by atoms with E-state index in [2.05, 4.69) is 4.98 Å². The number of nitrogens with zero attached hydrogens (tertiary/aromatic N) is 2. The topological polar surface area (TPSA) is 56.1 Å². The zero-order valence-electron chi connectivity index (χ0n) is 14.8. The third-order valence-corrected chi connectivity index (χ3v) is 5.76. The number of hydrogen-bond donors (Lipinski definition) is 1. The van der Waals surface area contributed by atoms with Gasteiger partial charge in [-0.25, -0.2) is 4.98 Å². The van der Waals surface area contributed by atoms with Gasteiger partial charge in [-0.2, -0.15) is 0 Å². The molecule has 2 aliphatic heterocycles. The fraction of sp³-hybridized carbons (Fsp3) is 0.474. The van der Waals surface area contributed by atoms with Crippen LogP contribution in [0.4, 0.5) is 0 Å². The molecular weight excluding hydrogens is 350 g/mol. The number of nitrogens with one attached hydrogen (secondary N) is 1. The fourth-order valence-electron chi connectivity index (χ4n) is 3.54. The quantitative estimate of drug-likeness (QED) is 0.789. The summed E-state index contributed by atoms with van der Waals surface area (Å²) in [6.45, 7) is 5.08. The molecular formula is C19H24N3O3S+. The van der Waals surface area contributed by atoms with Gasteiger partial charge in [0.15, 0.2) is 11.5 Å². The molecule has 1 aromatic heterocycles. The van der Waals surface area contributed by atoms with Crippen molar-refractivity contribution in [3.63, 3.8) is 0 Å². The van der Waals surface area contributed by atoms with Crippen molar-refractivity contribution in [2.75, 3.05) is 33.0 Å². The van der Waals surface area contributed by atoms with E-state index < -0.39 is 0 Å². The first-order chi connectivity index (χ1) is 12.8. The van der Waals surface area contributed by atoms with E-state index in [1.165, 1.54) is 25.9 Å². The maximum absolute atomic E-state index is 13.0. The minimum Gasteiger partial charge on any atom is -0.454 e. The van der Waals surface area contributed by atoms with Crippen LogP contribution in [0.1, 0.15) is 23.4 Å². The summed E-state index contributed by atoms with van der Waals surface area (Å²) >= 11 is 1.60. The van der Waals surface area contributed by atoms with Crippen LogP contribution in [0.5, 0.6) is 11.5 Å². The van der Waals surface area contributed by atoms with Crippen molar-refractivity contribution in [3.8, 4) is 11.5 Å². The van der Waals surface area contributed by atoms with Gasteiger partial charge in [0.25, 0.3) is 0 Å². The summed E-state index contributed by atoms with van der Waals surface area (Å²) in [7, 11) is 0. The van der Waals surface area contributed by atoms with E-state index in [9.17, 15) is 4.79 Å². The second-order valence-electron chi connectivity index (χ2n) is 6.81. The molecule has 0 saturated carbocycles. The van der Waals surface area contributed by atoms with Gasteiger partial charge in [0.05, 0.1) is 39.1 Å². The number of aromatic nitrogens is 1. The molecule has 1 aromatic carbocycles. The van der Waals surface area contributed by atoms with Gasteiger partial charge < -0.3 is 19.3 Å². The average molecular weight is 374 g/mol. The molecule has 0 aliphatic carbocycles. The second-order valence-corrected chi connectivity index (χ2v) is 7.79. The van der Waals surface area contributed by atoms with E-state index in [1.807, 2.05) is 28.5 Å². The van der Waals surface area contributed by atoms with Crippen molar-refractivity contribution in [2.45, 2.75) is 25.8 Å². The molecule has 0 atom stereocenters. The molecule has 0 radical (unpaired) electrons. The number of amides is 1. The van der Waals surface area contributed by atoms with Gasteiger partial charge in [0.1, 0.15) is 5.01 Å². The van der Waals surface area contributed by atoms with Crippen molar-refractivity contribution in [1.82, 2.24) is 9.88 Å². The van der Waals surface area contributed by atoms with Gasteiger partial charge in [-0.3, -0.25) is 4.79 Å². The smallest absolute Gasteiger partial charge is 0.231 e. The van der Waals surface area contributed by atoms with Crippen molar-refractivity contribution >= 4 is 17.2 Å². The number of rotatable bonds is 7. The Morgan fingerprint density at radius 3 is 2.88 bits per heavy atom. The number of likely N-dealkylation sites (tertiary alicyclic amines) is 1. The lowest BCUT2D eigenvalue weighted by Crippen LogP contribution is -3.10. The number of carbonyl (C=O) groups excluding carboxylic acids is 1. The zero-order chi connectivity index (χ0) is 17.8. The Morgan fingerprint density at radius 1 is 1.23 bits per heavy atom. The molecule has 0 bridgehead atoms. The minimum absolute atomic E-state index is 0.137. The van der Waals surface area contributed by atoms with Crippen molar-refractivity contribution in [1.29, 1.82) is 0 Å². The van der Waals surface area contributed by atoms with Crippen LogP contribution in [0.2, 0.25) is 0 Å². The molecule has 0 spiro atoms. The predicted octanol–water partition coefficient (Wildman–Crippen LogP) is 1.12. The summed E-state index contributed by atoms with van der Waals surface area (Å²) in [5.74, 6) is 1.61. The van der Waals surface area contributed by atoms with Gasteiger partial charge in [0, 0.05) is 24.4 Å². The van der Waals surface area contributed by atoms with Gasteiger partial charge >= 0.3 is 0 Å². The summed E-state index contributed by atoms with van der Waals surface area (Å²) in [6.07, 6.45) is 4.77. The summed E-state index contributed by atoms with van der Waals surface area (Å²) in [4.78, 5) is 20.9. The molecule has 0 unspecified atom stereocenters. The molecule has 138 valence electrons. The molecule has 6 nitrogen and oxygen atoms in total. The first-order valence-corrected chi connectivity index (χ1v) is 10.0. The Bertz CT molecular complexity index is 744. The molecule has 7 heteroatoms. The third kappa shape index (κ3) is 4.16. The predicted molar refractivity (Wildman–Crippen MR) is 98.6 cm³/mol. The summed E-state index contributed by atoms with van der Waals surface area (Å²) in [5.41, 5.74) is 0.955. The monoisotopic (exact) mass is 374 g/mol. The molecule has 1 fully saturated rings. The van der Waals surface area contributed by atoms with Crippen LogP contribution in [0, 0.1) is 0 Å². The molecule has 2 aromatic rings. The Kier molecular flexibility index (Phi) is 5.36. The Labute approximate surface area is 157 Å². The summed E-state index contributed by atoms with van der Waals surface area (Å²) in [5, 5.41) is 2.95. The van der Waals surface area contributed by atoms with Crippen LogP contribution >= 0.6 is 11.3 Å². The molecule has 4 rings (SSSR count). The third-order valence-electron chi connectivity index (χ3n) is 5.00. The van der Waals surface area contributed by atoms with Gasteiger partial charge in [-0.1, -0.05) is 6.07 Å². The lowest BCUT2D eigenvalue weighted by Gasteiger charge is -2.23. The van der Waals surface area contributed by atoms with E-state index in [1.54, 1.807) is 22.4 Å². The Hall–Kier alpha value is -2.12. The number of quaternary nitrogens is 1. The largest absolute Gasteiger partial charge is 0.454 e. The number of ether oxygens (including phenoxy) is 2. The fourth-order valence-corrected chi connectivity index (χ4v) is 4.17. The Balaban J connectivity index is 1.41. The number of fused-ring (bicyclic) bond motifs is 1. The number of benzene rings is 1. The molecule has 2 aliphatic rings. The molecule has 1 N–H and O–H groups in total. The SMILES string of the molecule is O=C(Cc1ccc2c(c1)OCO2)N(CC[NH+]1CCCC1)Cc1nccs1. The van der Waals surface area contributed by atoms with E-state index in [0.29, 0.717) is 13.0 Å². The maximum Gasteiger partial charge on any atom is 0.231 e. The lowest BCUT2D eigenvalue weighted by molar-refractivity contribution is -0.886. The highest BCUT2D eigenvalue weighted by molar-refractivity contribution is 7.09. The van der Waals surface area contributed by atoms with Crippen LogP contribution in [0.3, 0.4) is 0 Å². The number of thiazole rings is 1. The van der Waals surface area contributed by atoms with E-state index >= 15 is 0 Å². The summed E-state index contributed by atoms with van der Waals surface area (Å²) in [6, 6.07) is 5.73. The first-order valence-electron chi connectivity index (χ1n) is 9.16. The van der Waals surface area contributed by atoms with Crippen LogP contribution in [0.15, 0.2) is 29.8 Å². The molecule has 1 saturated heterocycles. The van der Waals surface area contributed by atoms with E-state index in [0.717, 1.165) is 35.2 Å². The number of hydrogen-bond acceptors (Lipinski definition) is 5. The van der Waals surface area contributed by atoms with E-state index in [4.69, 9.17) is 9.47 Å². The van der Waals surface area contributed by atoms with E-state index in [-0.39, 0.29) is 12.7 Å². The first kappa shape index (κ1) is 17.3. The van der Waals surface area contributed by atoms with Gasteiger partial charge in [-0.15, -0.1) is 11.3 Å². The summed E-state index contributed by atoms with van der Waals surface area (Å²) < 4.78 is 10.8. The van der Waals surface area contributed by atoms with Gasteiger partial charge in [0.2, 0.25) is 12.7 Å². The Morgan fingerprint density at radius 2 is 2.08 bits per heavy atom. The molecule has 3 heterocycles.